The summed E-state index contributed by atoms with van der Waals surface area (Å²) in [7, 11) is -3.37. The number of hydrogen-bond acceptors (Lipinski definition) is 7. The van der Waals surface area contributed by atoms with Gasteiger partial charge in [-0.05, 0) is 49.2 Å². The van der Waals surface area contributed by atoms with Crippen LogP contribution in [0.2, 0.25) is 0 Å². The van der Waals surface area contributed by atoms with Crippen LogP contribution in [0, 0.1) is 0 Å². The molecule has 1 aliphatic heterocycles. The van der Waals surface area contributed by atoms with Gasteiger partial charge in [0, 0.05) is 18.2 Å². The highest BCUT2D eigenvalue weighted by Gasteiger charge is 2.28. The van der Waals surface area contributed by atoms with Gasteiger partial charge in [0.05, 0.1) is 11.4 Å². The lowest BCUT2D eigenvalue weighted by molar-refractivity contribution is 0.0471. The monoisotopic (exact) mass is 405 g/mol. The van der Waals surface area contributed by atoms with Gasteiger partial charge in [-0.3, -0.25) is 9.10 Å². The molecule has 0 saturated heterocycles. The van der Waals surface area contributed by atoms with E-state index in [-0.39, 0.29) is 17.1 Å². The van der Waals surface area contributed by atoms with Gasteiger partial charge in [0.15, 0.2) is 12.4 Å². The molecule has 0 aromatic heterocycles. The molecule has 0 aliphatic carbocycles. The molecule has 2 aromatic carbocycles. The van der Waals surface area contributed by atoms with E-state index in [9.17, 15) is 28.2 Å². The van der Waals surface area contributed by atoms with Crippen molar-refractivity contribution in [3.63, 3.8) is 0 Å². The topological polar surface area (TPSA) is 121 Å². The number of phenols is 2. The summed E-state index contributed by atoms with van der Waals surface area (Å²) < 4.78 is 30.5. The van der Waals surface area contributed by atoms with Crippen LogP contribution in [0.3, 0.4) is 0 Å². The molecule has 1 aliphatic rings. The Bertz CT molecular complexity index is 1050. The fourth-order valence-corrected chi connectivity index (χ4v) is 4.13. The van der Waals surface area contributed by atoms with Crippen molar-refractivity contribution in [1.29, 1.82) is 0 Å². The van der Waals surface area contributed by atoms with Gasteiger partial charge in [0.1, 0.15) is 17.1 Å². The van der Waals surface area contributed by atoms with E-state index in [0.29, 0.717) is 24.2 Å². The van der Waals surface area contributed by atoms with Crippen molar-refractivity contribution >= 4 is 27.5 Å². The van der Waals surface area contributed by atoms with Crippen LogP contribution in [0.15, 0.2) is 36.4 Å². The predicted octanol–water partition coefficient (Wildman–Crippen LogP) is 1.85. The molecule has 0 bridgehead atoms. The number of sulfonamides is 1. The largest absolute Gasteiger partial charge is 0.508 e. The van der Waals surface area contributed by atoms with Crippen molar-refractivity contribution in [2.24, 2.45) is 0 Å². The quantitative estimate of drug-likeness (QED) is 0.556. The maximum Gasteiger partial charge on any atom is 0.342 e. The lowest BCUT2D eigenvalue weighted by Gasteiger charge is -2.18. The minimum absolute atomic E-state index is 0.00677. The summed E-state index contributed by atoms with van der Waals surface area (Å²) in [4.78, 5) is 24.3. The summed E-state index contributed by atoms with van der Waals surface area (Å²) in [5.74, 6) is -2.01. The third kappa shape index (κ3) is 3.79. The number of ketones is 1. The first-order valence-electron chi connectivity index (χ1n) is 8.58. The fourth-order valence-electron chi connectivity index (χ4n) is 2.97. The van der Waals surface area contributed by atoms with Gasteiger partial charge < -0.3 is 14.9 Å². The number of nitrogens with zero attached hydrogens (tertiary/aromatic N) is 1. The molecule has 0 spiro atoms. The number of fused-ring (bicyclic) bond motifs is 1. The molecule has 3 rings (SSSR count). The molecular formula is C19H19NO7S. The zero-order valence-electron chi connectivity index (χ0n) is 15.1. The number of phenolic OH excluding ortho intramolecular Hbond substituents is 2. The molecule has 1 heterocycles. The molecule has 148 valence electrons. The molecule has 9 heteroatoms. The number of esters is 1. The van der Waals surface area contributed by atoms with Gasteiger partial charge >= 0.3 is 5.97 Å². The summed E-state index contributed by atoms with van der Waals surface area (Å²) in [6, 6.07) is 8.08. The maximum absolute atomic E-state index is 12.3. The SMILES string of the molecule is CCS(=O)(=O)N1CCc2cc(C(=O)COC(=O)c3ccc(O)cc3O)ccc21. The molecular weight excluding hydrogens is 386 g/mol. The third-order valence-electron chi connectivity index (χ3n) is 4.49. The number of aromatic hydroxyl groups is 2. The predicted molar refractivity (Wildman–Crippen MR) is 101 cm³/mol. The molecule has 2 N–H and O–H groups in total. The second-order valence-corrected chi connectivity index (χ2v) is 8.45. The van der Waals surface area contributed by atoms with E-state index in [1.54, 1.807) is 19.1 Å². The number of anilines is 1. The van der Waals surface area contributed by atoms with Crippen LogP contribution in [-0.2, 0) is 21.2 Å². The van der Waals surface area contributed by atoms with E-state index in [4.69, 9.17) is 4.74 Å². The lowest BCUT2D eigenvalue weighted by Crippen LogP contribution is -2.30. The van der Waals surface area contributed by atoms with Crippen molar-refractivity contribution < 1.29 is 33.0 Å². The summed E-state index contributed by atoms with van der Waals surface area (Å²) in [6.07, 6.45) is 0.497. The van der Waals surface area contributed by atoms with E-state index in [0.717, 1.165) is 11.6 Å². The van der Waals surface area contributed by atoms with Gasteiger partial charge in [0.2, 0.25) is 10.0 Å². The number of hydrogen-bond donors (Lipinski definition) is 2. The number of rotatable bonds is 6. The highest BCUT2D eigenvalue weighted by Crippen LogP contribution is 2.31. The average Bonchev–Trinajstić information content (AvgIpc) is 3.09. The van der Waals surface area contributed by atoms with Crippen LogP contribution in [0.25, 0.3) is 0 Å². The summed E-state index contributed by atoms with van der Waals surface area (Å²) in [5, 5.41) is 18.9. The molecule has 8 nitrogen and oxygen atoms in total. The molecule has 28 heavy (non-hydrogen) atoms. The first-order valence-corrected chi connectivity index (χ1v) is 10.2. The maximum atomic E-state index is 12.3. The van der Waals surface area contributed by atoms with Crippen molar-refractivity contribution in [3.05, 3.63) is 53.1 Å². The average molecular weight is 405 g/mol. The molecule has 0 atom stereocenters. The molecule has 0 unspecified atom stereocenters. The van der Waals surface area contributed by atoms with Crippen molar-refractivity contribution in [2.75, 3.05) is 23.2 Å². The van der Waals surface area contributed by atoms with Gasteiger partial charge in [-0.1, -0.05) is 0 Å². The highest BCUT2D eigenvalue weighted by atomic mass is 32.2. The van der Waals surface area contributed by atoms with Crippen molar-refractivity contribution in [3.8, 4) is 11.5 Å². The molecule has 2 aromatic rings. The van der Waals surface area contributed by atoms with E-state index in [1.807, 2.05) is 0 Å². The molecule has 0 amide bonds. The minimum atomic E-state index is -3.37. The number of ether oxygens (including phenoxy) is 1. The van der Waals surface area contributed by atoms with E-state index < -0.39 is 34.1 Å². The van der Waals surface area contributed by atoms with Crippen LogP contribution >= 0.6 is 0 Å². The van der Waals surface area contributed by atoms with Crippen LogP contribution in [0.5, 0.6) is 11.5 Å². The van der Waals surface area contributed by atoms with Crippen LogP contribution < -0.4 is 4.31 Å². The standard InChI is InChI=1S/C19H19NO7S/c1-2-28(25,26)20-8-7-12-9-13(3-6-16(12)20)18(23)11-27-19(24)15-5-4-14(21)10-17(15)22/h3-6,9-10,21-22H,2,7-8,11H2,1H3. The summed E-state index contributed by atoms with van der Waals surface area (Å²) >= 11 is 0. The first kappa shape index (κ1) is 19.7. The zero-order valence-corrected chi connectivity index (χ0v) is 15.9. The molecule has 0 radical (unpaired) electrons. The van der Waals surface area contributed by atoms with E-state index in [2.05, 4.69) is 0 Å². The first-order chi connectivity index (χ1) is 13.2. The van der Waals surface area contributed by atoms with Crippen molar-refractivity contribution in [1.82, 2.24) is 0 Å². The number of carbonyl (C=O) groups is 2. The van der Waals surface area contributed by atoms with Gasteiger partial charge in [-0.2, -0.15) is 0 Å². The van der Waals surface area contributed by atoms with Gasteiger partial charge in [-0.15, -0.1) is 0 Å². The van der Waals surface area contributed by atoms with E-state index >= 15 is 0 Å². The zero-order chi connectivity index (χ0) is 20.5. The normalized spacial score (nSPS) is 13.2. The van der Waals surface area contributed by atoms with Gasteiger partial charge in [-0.25, -0.2) is 13.2 Å². The van der Waals surface area contributed by atoms with Crippen LogP contribution in [-0.4, -0.2) is 49.3 Å². The number of carbonyl (C=O) groups excluding carboxylic acids is 2. The van der Waals surface area contributed by atoms with E-state index in [1.165, 1.54) is 22.5 Å². The Balaban J connectivity index is 1.70. The lowest BCUT2D eigenvalue weighted by atomic mass is 10.1. The smallest absolute Gasteiger partial charge is 0.342 e. The second-order valence-electron chi connectivity index (χ2n) is 6.27. The summed E-state index contributed by atoms with van der Waals surface area (Å²) in [6.45, 7) is 1.37. The Morgan fingerprint density at radius 2 is 1.89 bits per heavy atom. The van der Waals surface area contributed by atoms with Gasteiger partial charge in [0.25, 0.3) is 0 Å². The van der Waals surface area contributed by atoms with Crippen molar-refractivity contribution in [2.45, 2.75) is 13.3 Å². The fraction of sp³-hybridized carbons (Fsp3) is 0.263. The van der Waals surface area contributed by atoms with Crippen LogP contribution in [0.1, 0.15) is 33.2 Å². The molecule has 0 fully saturated rings. The Morgan fingerprint density at radius 1 is 1.14 bits per heavy atom. The Hall–Kier alpha value is -3.07. The second kappa shape index (κ2) is 7.51. The Labute approximate surface area is 162 Å². The highest BCUT2D eigenvalue weighted by molar-refractivity contribution is 7.92. The number of Topliss-reactive ketones (excluding diaryl/α,β-unsaturated/α-hetero) is 1. The summed E-state index contributed by atoms with van der Waals surface area (Å²) in [5.41, 5.74) is 1.44. The minimum Gasteiger partial charge on any atom is -0.508 e. The Kier molecular flexibility index (Phi) is 5.28. The molecule has 0 saturated carbocycles. The third-order valence-corrected chi connectivity index (χ3v) is 6.27. The Morgan fingerprint density at radius 3 is 2.57 bits per heavy atom. The van der Waals surface area contributed by atoms with Crippen LogP contribution in [0.4, 0.5) is 5.69 Å². The number of benzene rings is 2.